The summed E-state index contributed by atoms with van der Waals surface area (Å²) < 4.78 is 53.9. The molecule has 19 heteroatoms. The van der Waals surface area contributed by atoms with Gasteiger partial charge in [0.05, 0.1) is 0 Å². The number of para-hydroxylation sites is 8. The van der Waals surface area contributed by atoms with Crippen LogP contribution in [0.15, 0.2) is 106 Å². The predicted octanol–water partition coefficient (Wildman–Crippen LogP) is 9.29. The van der Waals surface area contributed by atoms with Gasteiger partial charge in [-0.2, -0.15) is 0 Å². The Labute approximate surface area is 278 Å². The third-order valence-corrected chi connectivity index (χ3v) is 16.9. The van der Waals surface area contributed by atoms with Crippen LogP contribution in [0.25, 0.3) is 0 Å². The normalized spacial score (nSPS) is 18.8. The quantitative estimate of drug-likeness (QED) is 0.111. The molecule has 4 aliphatic rings. The maximum atomic E-state index is 5.66. The second-order valence-corrected chi connectivity index (χ2v) is 20.7. The van der Waals surface area contributed by atoms with Gasteiger partial charge in [-0.1, -0.05) is 48.5 Å². The smallest absolute Gasteiger partial charge is 0.656 e. The SMILES string of the molecule is S=P1(N=P2([S-])Oc3ccccc3O2)Oc2ccccc2O1.S=P1(N=P2([S-])Oc3ccccc3O2)Oc2ccccc2O1.[Mn+2]. The molecule has 4 heterocycles. The van der Waals surface area contributed by atoms with Gasteiger partial charge < -0.3 is 60.7 Å². The molecule has 0 spiro atoms. The molecule has 0 saturated carbocycles. The van der Waals surface area contributed by atoms with Crippen molar-refractivity contribution >= 4 is 74.8 Å². The van der Waals surface area contributed by atoms with Gasteiger partial charge in [0.1, 0.15) is 0 Å². The maximum absolute atomic E-state index is 5.66. The summed E-state index contributed by atoms with van der Waals surface area (Å²) in [6, 6.07) is 28.9. The summed E-state index contributed by atoms with van der Waals surface area (Å²) in [4.78, 5) is 0. The van der Waals surface area contributed by atoms with Crippen LogP contribution in [-0.2, 0) is 65.2 Å². The molecule has 0 unspecified atom stereocenters. The summed E-state index contributed by atoms with van der Waals surface area (Å²) in [5.74, 6) is 4.58. The van der Waals surface area contributed by atoms with Crippen LogP contribution in [-0.4, -0.2) is 0 Å². The van der Waals surface area contributed by atoms with E-state index in [0.29, 0.717) is 46.0 Å². The summed E-state index contributed by atoms with van der Waals surface area (Å²) >= 11 is 21.6. The third kappa shape index (κ3) is 6.63. The van der Waals surface area contributed by atoms with Crippen molar-refractivity contribution in [2.45, 2.75) is 0 Å². The fraction of sp³-hybridized carbons (Fsp3) is 0. The largest absolute Gasteiger partial charge is 2.00 e. The average Bonchev–Trinajstić information content (AvgIpc) is 3.65. The second kappa shape index (κ2) is 11.9. The number of hydrogen-bond acceptors (Lipinski definition) is 12. The predicted molar refractivity (Wildman–Crippen MR) is 173 cm³/mol. The van der Waals surface area contributed by atoms with E-state index in [-0.39, 0.29) is 17.1 Å². The van der Waals surface area contributed by atoms with Gasteiger partial charge in [0.15, 0.2) is 59.4 Å². The van der Waals surface area contributed by atoms with Crippen LogP contribution >= 0.6 is 26.7 Å². The Morgan fingerprint density at radius 2 is 0.581 bits per heavy atom. The molecule has 0 fully saturated rings. The van der Waals surface area contributed by atoms with Crippen molar-refractivity contribution in [3.8, 4) is 46.0 Å². The molecule has 1 radical (unpaired) electrons. The first kappa shape index (κ1) is 31.3. The molecule has 0 atom stereocenters. The fourth-order valence-corrected chi connectivity index (χ4v) is 16.8. The van der Waals surface area contributed by atoms with Crippen molar-refractivity contribution in [3.05, 3.63) is 97.1 Å². The molecule has 0 amide bonds. The zero-order valence-corrected chi connectivity index (χ0v) is 29.2. The van der Waals surface area contributed by atoms with Crippen molar-refractivity contribution in [2.24, 2.45) is 9.03 Å². The maximum Gasteiger partial charge on any atom is 2.00 e. The monoisotopic (exact) mass is 767 g/mol. The summed E-state index contributed by atoms with van der Waals surface area (Å²) in [5.41, 5.74) is 0. The minimum absolute atomic E-state index is 0. The van der Waals surface area contributed by atoms with E-state index in [1.807, 2.05) is 48.5 Å². The van der Waals surface area contributed by atoms with Gasteiger partial charge in [-0.05, 0) is 48.5 Å². The summed E-state index contributed by atoms with van der Waals surface area (Å²) in [7, 11) is 0. The summed E-state index contributed by atoms with van der Waals surface area (Å²) in [6.45, 7) is -11.8. The molecular weight excluding hydrogens is 751 g/mol. The molecule has 0 saturated heterocycles. The van der Waals surface area contributed by atoms with Gasteiger partial charge in [-0.3, -0.25) is 0 Å². The van der Waals surface area contributed by atoms with Crippen LogP contribution < -0.4 is 36.2 Å². The van der Waals surface area contributed by atoms with Crippen LogP contribution in [0.4, 0.5) is 0 Å². The van der Waals surface area contributed by atoms with Crippen LogP contribution in [0.1, 0.15) is 0 Å². The van der Waals surface area contributed by atoms with Gasteiger partial charge >= 0.3 is 30.4 Å². The van der Waals surface area contributed by atoms with E-state index < -0.39 is 26.7 Å². The van der Waals surface area contributed by atoms with E-state index in [1.54, 1.807) is 48.5 Å². The number of fused-ring (bicyclic) bond motifs is 4. The summed E-state index contributed by atoms with van der Waals surface area (Å²) in [6.07, 6.45) is 0. The van der Waals surface area contributed by atoms with Crippen molar-refractivity contribution in [2.75, 3.05) is 0 Å². The molecule has 10 nitrogen and oxygen atoms in total. The molecule has 0 N–H and O–H groups in total. The molecule has 221 valence electrons. The van der Waals surface area contributed by atoms with Gasteiger partial charge in [-0.15, -0.1) is 9.03 Å². The number of hydrogen-bond donors (Lipinski definition) is 0. The van der Waals surface area contributed by atoms with Crippen LogP contribution in [0.2, 0.25) is 0 Å². The molecule has 0 bridgehead atoms. The Kier molecular flexibility index (Phi) is 8.64. The first-order chi connectivity index (χ1) is 20.1. The van der Waals surface area contributed by atoms with E-state index in [2.05, 4.69) is 9.03 Å². The topological polar surface area (TPSA) is 98.6 Å². The number of nitrogens with zero attached hydrogens (tertiary/aromatic N) is 2. The van der Waals surface area contributed by atoms with E-state index in [0.717, 1.165) is 0 Å². The van der Waals surface area contributed by atoms with Crippen LogP contribution in [0, 0.1) is 0 Å². The Balaban J connectivity index is 0.000000150. The molecular formula is C24H16MnN2O8P4S4. The van der Waals surface area contributed by atoms with Crippen molar-refractivity contribution in [1.82, 2.24) is 0 Å². The molecule has 4 aromatic carbocycles. The Hall–Kier alpha value is -1.74. The number of rotatable bonds is 2. The zero-order chi connectivity index (χ0) is 29.0. The molecule has 43 heavy (non-hydrogen) atoms. The minimum atomic E-state index is -2.94. The third-order valence-electron chi connectivity index (χ3n) is 5.54. The van der Waals surface area contributed by atoms with Crippen molar-refractivity contribution < 1.29 is 53.3 Å². The molecule has 0 aromatic heterocycles. The molecule has 0 aliphatic carbocycles. The van der Waals surface area contributed by atoms with Crippen molar-refractivity contribution in [1.29, 1.82) is 0 Å². The zero-order valence-electron chi connectivity index (χ0n) is 21.2. The Bertz CT molecular complexity index is 1710. The number of benzene rings is 4. The minimum Gasteiger partial charge on any atom is -0.656 e. The molecule has 4 aromatic rings. The van der Waals surface area contributed by atoms with Gasteiger partial charge in [0, 0.05) is 23.6 Å². The Morgan fingerprint density at radius 3 is 0.791 bits per heavy atom. The average molecular weight is 768 g/mol. The van der Waals surface area contributed by atoms with Crippen molar-refractivity contribution in [3.63, 3.8) is 0 Å². The van der Waals surface area contributed by atoms with Crippen LogP contribution in [0.3, 0.4) is 0 Å². The van der Waals surface area contributed by atoms with E-state index in [4.69, 9.17) is 84.3 Å². The van der Waals surface area contributed by atoms with E-state index in [1.165, 1.54) is 0 Å². The van der Waals surface area contributed by atoms with E-state index >= 15 is 0 Å². The Morgan fingerprint density at radius 1 is 0.395 bits per heavy atom. The fourth-order valence-electron chi connectivity index (χ4n) is 3.89. The van der Waals surface area contributed by atoms with Gasteiger partial charge in [0.25, 0.3) is 0 Å². The van der Waals surface area contributed by atoms with E-state index in [9.17, 15) is 0 Å². The standard InChI is InChI=1S/2C12H8NO4P2S2.Mn/c2*20-18(14-9-5-1-2-6-10(9)15-18)13-19(21)16-11-7-3-4-8-12(11)17-19;/h2*1-8H;/q2*-1;+2. The first-order valence-electron chi connectivity index (χ1n) is 11.9. The second-order valence-electron chi connectivity index (χ2n) is 8.57. The molecule has 4 aliphatic heterocycles. The molecule has 8 rings (SSSR count). The first-order valence-corrected chi connectivity index (χ1v) is 22.3. The summed E-state index contributed by atoms with van der Waals surface area (Å²) in [5, 5.41) is 0. The van der Waals surface area contributed by atoms with Gasteiger partial charge in [0.2, 0.25) is 0 Å². The van der Waals surface area contributed by atoms with Crippen LogP contribution in [0.5, 0.6) is 46.0 Å². The van der Waals surface area contributed by atoms with Gasteiger partial charge in [-0.25, -0.2) is 0 Å².